The number of fused-ring (bicyclic) bond motifs is 1. The monoisotopic (exact) mass is 243 g/mol. The van der Waals surface area contributed by atoms with E-state index in [1.165, 1.54) is 0 Å². The minimum absolute atomic E-state index is 0.0667. The Balaban J connectivity index is 1.88. The first-order valence-electron chi connectivity index (χ1n) is 6.48. The molecule has 0 radical (unpaired) electrons. The molecular formula is C15H17NO2. The molecule has 18 heavy (non-hydrogen) atoms. The van der Waals surface area contributed by atoms with Crippen LogP contribution < -0.4 is 0 Å². The molecule has 0 atom stereocenters. The van der Waals surface area contributed by atoms with Gasteiger partial charge in [-0.2, -0.15) is 0 Å². The van der Waals surface area contributed by atoms with Gasteiger partial charge in [0.1, 0.15) is 0 Å². The summed E-state index contributed by atoms with van der Waals surface area (Å²) in [5.41, 5.74) is 2.53. The van der Waals surface area contributed by atoms with Crippen molar-refractivity contribution in [2.45, 2.75) is 37.8 Å². The van der Waals surface area contributed by atoms with Crippen molar-refractivity contribution < 1.29 is 9.90 Å². The van der Waals surface area contributed by atoms with E-state index in [-0.39, 0.29) is 18.1 Å². The van der Waals surface area contributed by atoms with Gasteiger partial charge in [0.05, 0.1) is 6.10 Å². The fourth-order valence-corrected chi connectivity index (χ4v) is 3.01. The lowest BCUT2D eigenvalue weighted by Gasteiger charge is -2.33. The summed E-state index contributed by atoms with van der Waals surface area (Å²) in [6.45, 7) is 4.06. The Morgan fingerprint density at radius 2 is 1.72 bits per heavy atom. The predicted octanol–water partition coefficient (Wildman–Crippen LogP) is 2.42. The van der Waals surface area contributed by atoms with Crippen LogP contribution in [0.3, 0.4) is 0 Å². The lowest BCUT2D eigenvalue weighted by atomic mass is 9.92. The molecule has 2 aliphatic rings. The molecular weight excluding hydrogens is 226 g/mol. The van der Waals surface area contributed by atoms with Gasteiger partial charge in [-0.05, 0) is 31.7 Å². The molecule has 1 heterocycles. The lowest BCUT2D eigenvalue weighted by Crippen LogP contribution is -2.38. The van der Waals surface area contributed by atoms with E-state index in [2.05, 4.69) is 6.58 Å². The van der Waals surface area contributed by atoms with E-state index in [1.807, 2.05) is 29.2 Å². The third kappa shape index (κ3) is 1.66. The molecule has 3 heteroatoms. The summed E-state index contributed by atoms with van der Waals surface area (Å²) in [7, 11) is 0. The van der Waals surface area contributed by atoms with Crippen molar-refractivity contribution in [1.29, 1.82) is 0 Å². The van der Waals surface area contributed by atoms with Crippen molar-refractivity contribution in [2.75, 3.05) is 0 Å². The Morgan fingerprint density at radius 3 is 2.33 bits per heavy atom. The summed E-state index contributed by atoms with van der Waals surface area (Å²) in [5, 5.41) is 9.55. The number of aliphatic hydroxyl groups excluding tert-OH is 1. The van der Waals surface area contributed by atoms with Crippen LogP contribution in [0.2, 0.25) is 0 Å². The Bertz CT molecular complexity index is 466. The van der Waals surface area contributed by atoms with E-state index in [4.69, 9.17) is 0 Å². The molecule has 1 aromatic carbocycles. The van der Waals surface area contributed by atoms with Crippen molar-refractivity contribution in [2.24, 2.45) is 0 Å². The number of carbonyl (C=O) groups excluding carboxylic acids is 1. The van der Waals surface area contributed by atoms with Gasteiger partial charge in [0.25, 0.3) is 5.91 Å². The summed E-state index contributed by atoms with van der Waals surface area (Å²) in [4.78, 5) is 14.2. The number of benzene rings is 1. The standard InChI is InChI=1S/C15H17NO2/c1-10-13-4-2-3-5-14(13)15(18)16(10)11-6-8-12(17)9-7-11/h2-5,11-12,17H,1,6-9H2. The van der Waals surface area contributed by atoms with E-state index in [0.29, 0.717) is 0 Å². The molecule has 1 aromatic rings. The molecule has 1 saturated carbocycles. The summed E-state index contributed by atoms with van der Waals surface area (Å²) in [6, 6.07) is 7.83. The number of hydrogen-bond acceptors (Lipinski definition) is 2. The molecule has 1 amide bonds. The van der Waals surface area contributed by atoms with Crippen LogP contribution in [-0.4, -0.2) is 28.1 Å². The second-order valence-electron chi connectivity index (χ2n) is 5.13. The second-order valence-corrected chi connectivity index (χ2v) is 5.13. The number of aliphatic hydroxyl groups is 1. The van der Waals surface area contributed by atoms with Crippen LogP contribution in [0.15, 0.2) is 30.8 Å². The zero-order valence-corrected chi connectivity index (χ0v) is 10.3. The van der Waals surface area contributed by atoms with Crippen LogP contribution >= 0.6 is 0 Å². The molecule has 0 bridgehead atoms. The Hall–Kier alpha value is -1.61. The van der Waals surface area contributed by atoms with Gasteiger partial charge in [-0.1, -0.05) is 24.8 Å². The van der Waals surface area contributed by atoms with Crippen molar-refractivity contribution in [3.05, 3.63) is 42.0 Å². The van der Waals surface area contributed by atoms with Crippen molar-refractivity contribution >= 4 is 11.6 Å². The smallest absolute Gasteiger partial charge is 0.259 e. The van der Waals surface area contributed by atoms with Crippen molar-refractivity contribution in [1.82, 2.24) is 4.90 Å². The van der Waals surface area contributed by atoms with Gasteiger partial charge in [-0.3, -0.25) is 4.79 Å². The highest BCUT2D eigenvalue weighted by Crippen LogP contribution is 2.36. The lowest BCUT2D eigenvalue weighted by molar-refractivity contribution is 0.0664. The number of hydrogen-bond donors (Lipinski definition) is 1. The predicted molar refractivity (Wildman–Crippen MR) is 69.9 cm³/mol. The van der Waals surface area contributed by atoms with Gasteiger partial charge in [0.15, 0.2) is 0 Å². The first-order chi connectivity index (χ1) is 8.68. The fourth-order valence-electron chi connectivity index (χ4n) is 3.01. The molecule has 0 spiro atoms. The Labute approximate surface area is 107 Å². The quantitative estimate of drug-likeness (QED) is 0.823. The summed E-state index contributed by atoms with van der Waals surface area (Å²) in [5.74, 6) is 0.0667. The van der Waals surface area contributed by atoms with E-state index in [0.717, 1.165) is 42.5 Å². The van der Waals surface area contributed by atoms with Crippen LogP contribution in [-0.2, 0) is 0 Å². The zero-order valence-electron chi connectivity index (χ0n) is 10.3. The summed E-state index contributed by atoms with van der Waals surface area (Å²) < 4.78 is 0. The molecule has 0 aromatic heterocycles. The topological polar surface area (TPSA) is 40.5 Å². The minimum Gasteiger partial charge on any atom is -0.393 e. The molecule has 3 nitrogen and oxygen atoms in total. The molecule has 1 fully saturated rings. The van der Waals surface area contributed by atoms with Crippen LogP contribution in [0, 0.1) is 0 Å². The normalized spacial score (nSPS) is 27.5. The van der Waals surface area contributed by atoms with Gasteiger partial charge in [0.2, 0.25) is 0 Å². The average Bonchev–Trinajstić information content (AvgIpc) is 2.64. The van der Waals surface area contributed by atoms with Crippen LogP contribution in [0.4, 0.5) is 0 Å². The second kappa shape index (κ2) is 4.25. The molecule has 3 rings (SSSR count). The highest BCUT2D eigenvalue weighted by atomic mass is 16.3. The molecule has 1 N–H and O–H groups in total. The zero-order chi connectivity index (χ0) is 12.7. The largest absolute Gasteiger partial charge is 0.393 e. The molecule has 0 saturated heterocycles. The van der Waals surface area contributed by atoms with Gasteiger partial charge >= 0.3 is 0 Å². The SMILES string of the molecule is C=C1c2ccccc2C(=O)N1C1CCC(O)CC1. The highest BCUT2D eigenvalue weighted by molar-refractivity contribution is 6.09. The highest BCUT2D eigenvalue weighted by Gasteiger charge is 2.36. The maximum Gasteiger partial charge on any atom is 0.259 e. The summed E-state index contributed by atoms with van der Waals surface area (Å²) >= 11 is 0. The maximum atomic E-state index is 12.4. The van der Waals surface area contributed by atoms with Crippen molar-refractivity contribution in [3.8, 4) is 0 Å². The molecule has 0 unspecified atom stereocenters. The Kier molecular flexibility index (Phi) is 2.71. The third-order valence-electron chi connectivity index (χ3n) is 4.01. The van der Waals surface area contributed by atoms with Crippen molar-refractivity contribution in [3.63, 3.8) is 0 Å². The van der Waals surface area contributed by atoms with E-state index >= 15 is 0 Å². The molecule has 94 valence electrons. The van der Waals surface area contributed by atoms with Crippen LogP contribution in [0.5, 0.6) is 0 Å². The molecule has 1 aliphatic carbocycles. The number of nitrogens with zero attached hydrogens (tertiary/aromatic N) is 1. The average molecular weight is 243 g/mol. The Morgan fingerprint density at radius 1 is 1.11 bits per heavy atom. The number of carbonyl (C=O) groups is 1. The van der Waals surface area contributed by atoms with E-state index in [1.54, 1.807) is 0 Å². The minimum atomic E-state index is -0.199. The first kappa shape index (κ1) is 11.5. The van der Waals surface area contributed by atoms with Crippen LogP contribution in [0.1, 0.15) is 41.6 Å². The molecule has 1 aliphatic heterocycles. The third-order valence-corrected chi connectivity index (χ3v) is 4.01. The summed E-state index contributed by atoms with van der Waals surface area (Å²) in [6.07, 6.45) is 3.07. The number of rotatable bonds is 1. The van der Waals surface area contributed by atoms with Gasteiger partial charge < -0.3 is 10.0 Å². The van der Waals surface area contributed by atoms with Gasteiger partial charge in [-0.25, -0.2) is 0 Å². The number of amides is 1. The van der Waals surface area contributed by atoms with Gasteiger partial charge in [-0.15, -0.1) is 0 Å². The van der Waals surface area contributed by atoms with E-state index in [9.17, 15) is 9.90 Å². The van der Waals surface area contributed by atoms with Crippen LogP contribution in [0.25, 0.3) is 5.70 Å². The van der Waals surface area contributed by atoms with E-state index < -0.39 is 0 Å². The van der Waals surface area contributed by atoms with Gasteiger partial charge in [0, 0.05) is 22.9 Å². The maximum absolute atomic E-state index is 12.4. The first-order valence-corrected chi connectivity index (χ1v) is 6.48. The fraction of sp³-hybridized carbons (Fsp3) is 0.400.